The van der Waals surface area contributed by atoms with E-state index in [1.165, 1.54) is 12.1 Å². The first-order valence-corrected chi connectivity index (χ1v) is 12.3. The van der Waals surface area contributed by atoms with Crippen LogP contribution < -0.4 is 0 Å². The Morgan fingerprint density at radius 3 is 1.76 bits per heavy atom. The largest absolute Gasteiger partial charge is 0.392 e. The third-order valence-electron chi connectivity index (χ3n) is 5.62. The number of rotatable bonds is 6. The maximum absolute atomic E-state index is 14.2. The molecule has 0 aliphatic rings. The van der Waals surface area contributed by atoms with E-state index in [1.807, 2.05) is 91.0 Å². The highest BCUT2D eigenvalue weighted by molar-refractivity contribution is 7.91. The van der Waals surface area contributed by atoms with Gasteiger partial charge in [-0.2, -0.15) is 5.10 Å². The number of aliphatic hydroxyl groups is 1. The van der Waals surface area contributed by atoms with Gasteiger partial charge in [-0.25, -0.2) is 13.1 Å². The van der Waals surface area contributed by atoms with E-state index in [4.69, 9.17) is 5.10 Å². The number of aliphatic hydroxyl groups excluding tert-OH is 1. The summed E-state index contributed by atoms with van der Waals surface area (Å²) >= 11 is 0. The molecule has 1 heterocycles. The summed E-state index contributed by atoms with van der Waals surface area (Å²) in [5.74, 6) is 0. The number of benzene rings is 4. The van der Waals surface area contributed by atoms with Crippen molar-refractivity contribution in [2.75, 3.05) is 0 Å². The molecule has 0 spiro atoms. The quantitative estimate of drug-likeness (QED) is 0.357. The third-order valence-corrected chi connectivity index (χ3v) is 7.44. The van der Waals surface area contributed by atoms with Gasteiger partial charge in [-0.1, -0.05) is 91.0 Å². The molecule has 0 saturated carbocycles. The van der Waals surface area contributed by atoms with Crippen molar-refractivity contribution in [1.29, 1.82) is 0 Å². The van der Waals surface area contributed by atoms with E-state index in [0.717, 1.165) is 11.3 Å². The fraction of sp³-hybridized carbons (Fsp3) is 0.0357. The van der Waals surface area contributed by atoms with Gasteiger partial charge in [0.05, 0.1) is 22.9 Å². The maximum atomic E-state index is 14.2. The van der Waals surface area contributed by atoms with Crippen LogP contribution in [0.25, 0.3) is 28.2 Å². The predicted molar refractivity (Wildman–Crippen MR) is 132 cm³/mol. The van der Waals surface area contributed by atoms with Crippen molar-refractivity contribution in [2.24, 2.45) is 0 Å². The molecule has 0 fully saturated rings. The van der Waals surface area contributed by atoms with Crippen molar-refractivity contribution >= 4 is 9.84 Å². The lowest BCUT2D eigenvalue weighted by Gasteiger charge is -2.11. The molecule has 5 nitrogen and oxygen atoms in total. The molecule has 0 saturated heterocycles. The molecule has 0 bridgehead atoms. The fourth-order valence-corrected chi connectivity index (χ4v) is 5.54. The van der Waals surface area contributed by atoms with Gasteiger partial charge in [-0.15, -0.1) is 0 Å². The molecule has 0 unspecified atom stereocenters. The highest BCUT2D eigenvalue weighted by Gasteiger charge is 2.32. The van der Waals surface area contributed by atoms with Crippen LogP contribution in [0.1, 0.15) is 5.56 Å². The normalized spacial score (nSPS) is 11.4. The monoisotopic (exact) mass is 466 g/mol. The molecule has 6 heteroatoms. The average Bonchev–Trinajstić information content (AvgIpc) is 3.32. The second-order valence-corrected chi connectivity index (χ2v) is 9.70. The van der Waals surface area contributed by atoms with Gasteiger partial charge in [0.15, 0.2) is 0 Å². The van der Waals surface area contributed by atoms with Crippen molar-refractivity contribution in [3.63, 3.8) is 0 Å². The molecule has 5 aromatic rings. The van der Waals surface area contributed by atoms with Gasteiger partial charge in [0.25, 0.3) is 0 Å². The number of nitrogens with zero attached hydrogens (tertiary/aromatic N) is 2. The Balaban J connectivity index is 1.87. The zero-order chi connectivity index (χ0) is 23.5. The molecular weight excluding hydrogens is 444 g/mol. The van der Waals surface area contributed by atoms with E-state index >= 15 is 0 Å². The third kappa shape index (κ3) is 3.94. The van der Waals surface area contributed by atoms with Crippen LogP contribution in [0.3, 0.4) is 0 Å². The Morgan fingerprint density at radius 2 is 1.21 bits per heavy atom. The summed E-state index contributed by atoms with van der Waals surface area (Å²) in [5.41, 5.74) is 3.74. The fourth-order valence-electron chi connectivity index (χ4n) is 3.94. The molecule has 0 aliphatic carbocycles. The minimum Gasteiger partial charge on any atom is -0.392 e. The van der Waals surface area contributed by atoms with Crippen LogP contribution >= 0.6 is 0 Å². The van der Waals surface area contributed by atoms with Gasteiger partial charge in [0.2, 0.25) is 9.84 Å². The first kappa shape index (κ1) is 21.8. The molecule has 4 aromatic carbocycles. The molecule has 0 radical (unpaired) electrons. The Kier molecular flexibility index (Phi) is 5.84. The van der Waals surface area contributed by atoms with Gasteiger partial charge in [-0.3, -0.25) is 0 Å². The molecule has 1 aromatic heterocycles. The highest BCUT2D eigenvalue weighted by atomic mass is 32.2. The first-order chi connectivity index (χ1) is 16.6. The zero-order valence-electron chi connectivity index (χ0n) is 18.2. The topological polar surface area (TPSA) is 72.2 Å². The molecule has 34 heavy (non-hydrogen) atoms. The van der Waals surface area contributed by atoms with Crippen LogP contribution in [0.2, 0.25) is 0 Å². The van der Waals surface area contributed by atoms with E-state index in [0.29, 0.717) is 22.5 Å². The number of hydrogen-bond donors (Lipinski definition) is 1. The van der Waals surface area contributed by atoms with Gasteiger partial charge < -0.3 is 5.11 Å². The van der Waals surface area contributed by atoms with Gasteiger partial charge in [-0.05, 0) is 29.8 Å². The Hall–Kier alpha value is -4.00. The summed E-state index contributed by atoms with van der Waals surface area (Å²) in [6, 6.07) is 34.6. The van der Waals surface area contributed by atoms with E-state index in [2.05, 4.69) is 0 Å². The average molecular weight is 467 g/mol. The second-order valence-electron chi connectivity index (χ2n) is 7.81. The lowest BCUT2D eigenvalue weighted by Crippen LogP contribution is -2.06. The van der Waals surface area contributed by atoms with E-state index < -0.39 is 9.84 Å². The maximum Gasteiger partial charge on any atom is 0.210 e. The van der Waals surface area contributed by atoms with Crippen LogP contribution in [-0.4, -0.2) is 23.3 Å². The number of hydrogen-bond acceptors (Lipinski definition) is 4. The lowest BCUT2D eigenvalue weighted by atomic mass is 10.1. The number of aromatic nitrogens is 2. The van der Waals surface area contributed by atoms with Crippen LogP contribution in [0.5, 0.6) is 0 Å². The molecule has 5 rings (SSSR count). The SMILES string of the molecule is O=S(=O)(c1ccc(CO)cc1)c1c(-c2ccccc2)nn(-c2ccccc2)c1-c1ccccc1. The summed E-state index contributed by atoms with van der Waals surface area (Å²) in [5, 5.41) is 14.3. The van der Waals surface area contributed by atoms with Crippen molar-refractivity contribution in [2.45, 2.75) is 16.4 Å². The van der Waals surface area contributed by atoms with Crippen molar-refractivity contribution in [3.05, 3.63) is 121 Å². The minimum absolute atomic E-state index is 0.144. The first-order valence-electron chi connectivity index (χ1n) is 10.8. The minimum atomic E-state index is -3.97. The van der Waals surface area contributed by atoms with Crippen LogP contribution in [0, 0.1) is 0 Å². The Morgan fingerprint density at radius 1 is 0.676 bits per heavy atom. The number of sulfone groups is 1. The van der Waals surface area contributed by atoms with Gasteiger partial charge in [0, 0.05) is 11.1 Å². The molecule has 168 valence electrons. The lowest BCUT2D eigenvalue weighted by molar-refractivity contribution is 0.282. The highest BCUT2D eigenvalue weighted by Crippen LogP contribution is 2.40. The molecular formula is C28H22N2O3S. The summed E-state index contributed by atoms with van der Waals surface area (Å²) in [7, 11) is -3.97. The van der Waals surface area contributed by atoms with Crippen molar-refractivity contribution < 1.29 is 13.5 Å². The van der Waals surface area contributed by atoms with E-state index in [1.54, 1.807) is 16.8 Å². The summed E-state index contributed by atoms with van der Waals surface area (Å²) < 4.78 is 30.0. The van der Waals surface area contributed by atoms with Crippen molar-refractivity contribution in [1.82, 2.24) is 9.78 Å². The standard InChI is InChI=1S/C28H22N2O3S/c31-20-21-16-18-25(19-17-21)34(32,33)28-26(22-10-4-1-5-11-22)29-30(24-14-8-3-9-15-24)27(28)23-12-6-2-7-13-23/h1-19,31H,20H2. The van der Waals surface area contributed by atoms with Crippen LogP contribution in [0.4, 0.5) is 0 Å². The van der Waals surface area contributed by atoms with Gasteiger partial charge >= 0.3 is 0 Å². The predicted octanol–water partition coefficient (Wildman–Crippen LogP) is 5.53. The molecule has 1 N–H and O–H groups in total. The van der Waals surface area contributed by atoms with Gasteiger partial charge in [0.1, 0.15) is 10.6 Å². The van der Waals surface area contributed by atoms with Crippen LogP contribution in [-0.2, 0) is 16.4 Å². The zero-order valence-corrected chi connectivity index (χ0v) is 19.1. The van der Waals surface area contributed by atoms with Crippen LogP contribution in [0.15, 0.2) is 125 Å². The molecule has 0 amide bonds. The second kappa shape index (κ2) is 9.09. The van der Waals surface area contributed by atoms with Crippen molar-refractivity contribution in [3.8, 4) is 28.2 Å². The Labute approximate surface area is 198 Å². The Bertz CT molecular complexity index is 1510. The number of para-hydroxylation sites is 1. The summed E-state index contributed by atoms with van der Waals surface area (Å²) in [4.78, 5) is 0.289. The summed E-state index contributed by atoms with van der Waals surface area (Å²) in [6.45, 7) is -0.156. The smallest absolute Gasteiger partial charge is 0.210 e. The van der Waals surface area contributed by atoms with E-state index in [9.17, 15) is 13.5 Å². The molecule has 0 aliphatic heterocycles. The van der Waals surface area contributed by atoms with E-state index in [-0.39, 0.29) is 16.4 Å². The molecule has 0 atom stereocenters. The summed E-state index contributed by atoms with van der Waals surface area (Å²) in [6.07, 6.45) is 0.